The average molecular weight is 270 g/mol. The number of guanidine groups is 1. The minimum atomic E-state index is 0.709. The predicted molar refractivity (Wildman–Crippen MR) is 83.9 cm³/mol. The van der Waals surface area contributed by atoms with E-state index in [9.17, 15) is 0 Å². The minimum absolute atomic E-state index is 0.709. The second-order valence-corrected chi connectivity index (χ2v) is 5.42. The molecule has 2 aromatic rings. The molecule has 3 rings (SSSR count). The molecule has 0 amide bonds. The smallest absolute Gasteiger partial charge is 0.191 e. The molecule has 0 spiro atoms. The number of hydrogen-bond acceptors (Lipinski definition) is 1. The van der Waals surface area contributed by atoms with Gasteiger partial charge in [0, 0.05) is 37.3 Å². The van der Waals surface area contributed by atoms with Crippen LogP contribution in [0, 0.1) is 0 Å². The second-order valence-electron chi connectivity index (χ2n) is 5.42. The van der Waals surface area contributed by atoms with Gasteiger partial charge in [-0.05, 0) is 36.8 Å². The molecule has 4 heteroatoms. The highest BCUT2D eigenvalue weighted by molar-refractivity contribution is 5.80. The molecule has 20 heavy (non-hydrogen) atoms. The number of nitrogens with zero attached hydrogens (tertiary/aromatic N) is 2. The first-order valence-corrected chi connectivity index (χ1v) is 7.44. The zero-order valence-electron chi connectivity index (χ0n) is 11.8. The third kappa shape index (κ3) is 2.95. The lowest BCUT2D eigenvalue weighted by atomic mass is 10.1. The van der Waals surface area contributed by atoms with Gasteiger partial charge >= 0.3 is 0 Å². The Morgan fingerprint density at radius 2 is 2.00 bits per heavy atom. The fourth-order valence-corrected chi connectivity index (χ4v) is 2.78. The van der Waals surface area contributed by atoms with Crippen LogP contribution in [0.25, 0.3) is 10.9 Å². The summed E-state index contributed by atoms with van der Waals surface area (Å²) in [5, 5.41) is 1.26. The van der Waals surface area contributed by atoms with Crippen LogP contribution in [0.3, 0.4) is 0 Å². The van der Waals surface area contributed by atoms with Crippen LogP contribution in [0.5, 0.6) is 0 Å². The van der Waals surface area contributed by atoms with Crippen LogP contribution in [0.4, 0.5) is 0 Å². The fourth-order valence-electron chi connectivity index (χ4n) is 2.78. The molecule has 106 valence electrons. The Bertz CT molecular complexity index is 560. The topological polar surface area (TPSA) is 57.4 Å². The number of nitrogens with two attached hydrogens (primary N) is 1. The second kappa shape index (κ2) is 5.99. The third-order valence-electron chi connectivity index (χ3n) is 3.92. The molecule has 0 bridgehead atoms. The van der Waals surface area contributed by atoms with Crippen LogP contribution in [0.15, 0.2) is 35.3 Å². The molecule has 0 aliphatic carbocycles. The molecule has 1 fully saturated rings. The van der Waals surface area contributed by atoms with Crippen LogP contribution >= 0.6 is 0 Å². The van der Waals surface area contributed by atoms with Gasteiger partial charge in [-0.1, -0.05) is 18.2 Å². The third-order valence-corrected chi connectivity index (χ3v) is 3.92. The molecular weight excluding hydrogens is 248 g/mol. The van der Waals surface area contributed by atoms with Gasteiger partial charge in [0.15, 0.2) is 5.96 Å². The zero-order chi connectivity index (χ0) is 13.8. The van der Waals surface area contributed by atoms with Gasteiger partial charge in [0.05, 0.1) is 0 Å². The average Bonchev–Trinajstić information content (AvgIpc) is 2.90. The number of piperidine rings is 1. The van der Waals surface area contributed by atoms with Crippen LogP contribution in [0.1, 0.15) is 25.0 Å². The van der Waals surface area contributed by atoms with E-state index in [1.807, 2.05) is 0 Å². The standard InChI is InChI=1S/C16H22N4/c17-16(20-10-4-1-5-11-20)18-9-8-14-12-13-6-2-3-7-15(13)19-14/h2-3,6-7,12,19H,1,4-5,8-11H2,(H2,17,18). The number of aromatic nitrogens is 1. The first kappa shape index (κ1) is 13.0. The predicted octanol–water partition coefficient (Wildman–Crippen LogP) is 2.51. The molecular formula is C16H22N4. The van der Waals surface area contributed by atoms with Gasteiger partial charge in [0.25, 0.3) is 0 Å². The van der Waals surface area contributed by atoms with Gasteiger partial charge in [0.1, 0.15) is 0 Å². The Labute approximate surface area is 119 Å². The van der Waals surface area contributed by atoms with Crippen molar-refractivity contribution in [1.29, 1.82) is 0 Å². The lowest BCUT2D eigenvalue weighted by Gasteiger charge is -2.27. The van der Waals surface area contributed by atoms with Gasteiger partial charge in [-0.3, -0.25) is 4.99 Å². The number of para-hydroxylation sites is 1. The van der Waals surface area contributed by atoms with E-state index in [-0.39, 0.29) is 0 Å². The zero-order valence-corrected chi connectivity index (χ0v) is 11.8. The molecule has 1 saturated heterocycles. The highest BCUT2D eigenvalue weighted by Crippen LogP contribution is 2.15. The van der Waals surface area contributed by atoms with Crippen LogP contribution in [-0.4, -0.2) is 35.5 Å². The van der Waals surface area contributed by atoms with Crippen molar-refractivity contribution < 1.29 is 0 Å². The van der Waals surface area contributed by atoms with E-state index in [2.05, 4.69) is 45.2 Å². The van der Waals surface area contributed by atoms with Gasteiger partial charge < -0.3 is 15.6 Å². The van der Waals surface area contributed by atoms with Gasteiger partial charge in [-0.25, -0.2) is 0 Å². The summed E-state index contributed by atoms with van der Waals surface area (Å²) < 4.78 is 0. The SMILES string of the molecule is NC(=NCCc1cc2ccccc2[nH]1)N1CCCCC1. The van der Waals surface area contributed by atoms with Gasteiger partial charge in [0.2, 0.25) is 0 Å². The van der Waals surface area contributed by atoms with Crippen LogP contribution in [0.2, 0.25) is 0 Å². The summed E-state index contributed by atoms with van der Waals surface area (Å²) in [6, 6.07) is 10.5. The van der Waals surface area contributed by atoms with E-state index in [0.29, 0.717) is 5.96 Å². The summed E-state index contributed by atoms with van der Waals surface area (Å²) >= 11 is 0. The van der Waals surface area contributed by atoms with Crippen molar-refractivity contribution in [2.24, 2.45) is 10.7 Å². The number of aliphatic imine (C=N–C) groups is 1. The Morgan fingerprint density at radius 3 is 2.80 bits per heavy atom. The van der Waals surface area contributed by atoms with Gasteiger partial charge in [-0.2, -0.15) is 0 Å². The number of H-pyrrole nitrogens is 1. The van der Waals surface area contributed by atoms with Crippen molar-refractivity contribution in [1.82, 2.24) is 9.88 Å². The number of rotatable bonds is 3. The first-order valence-electron chi connectivity index (χ1n) is 7.44. The Hall–Kier alpha value is -1.97. The molecule has 1 aromatic carbocycles. The highest BCUT2D eigenvalue weighted by atomic mass is 15.2. The monoisotopic (exact) mass is 270 g/mol. The van der Waals surface area contributed by atoms with Crippen molar-refractivity contribution in [2.45, 2.75) is 25.7 Å². The Balaban J connectivity index is 1.58. The molecule has 3 N–H and O–H groups in total. The number of nitrogens with one attached hydrogen (secondary N) is 1. The van der Waals surface area contributed by atoms with Gasteiger partial charge in [-0.15, -0.1) is 0 Å². The number of benzene rings is 1. The summed E-state index contributed by atoms with van der Waals surface area (Å²) in [6.45, 7) is 2.86. The van der Waals surface area contributed by atoms with E-state index in [1.54, 1.807) is 0 Å². The maximum atomic E-state index is 6.05. The summed E-state index contributed by atoms with van der Waals surface area (Å²) in [6.07, 6.45) is 4.69. The summed E-state index contributed by atoms with van der Waals surface area (Å²) in [5.41, 5.74) is 8.47. The van der Waals surface area contributed by atoms with Crippen molar-refractivity contribution in [3.05, 3.63) is 36.0 Å². The molecule has 0 saturated carbocycles. The van der Waals surface area contributed by atoms with E-state index in [1.165, 1.54) is 35.9 Å². The van der Waals surface area contributed by atoms with E-state index < -0.39 is 0 Å². The lowest BCUT2D eigenvalue weighted by Crippen LogP contribution is -2.41. The fraction of sp³-hybridized carbons (Fsp3) is 0.438. The van der Waals surface area contributed by atoms with E-state index >= 15 is 0 Å². The van der Waals surface area contributed by atoms with E-state index in [0.717, 1.165) is 26.1 Å². The maximum Gasteiger partial charge on any atom is 0.191 e. The maximum absolute atomic E-state index is 6.05. The molecule has 0 unspecified atom stereocenters. The molecule has 0 radical (unpaired) electrons. The minimum Gasteiger partial charge on any atom is -0.370 e. The first-order chi connectivity index (χ1) is 9.83. The molecule has 0 atom stereocenters. The van der Waals surface area contributed by atoms with Crippen molar-refractivity contribution in [3.8, 4) is 0 Å². The van der Waals surface area contributed by atoms with Crippen molar-refractivity contribution in [3.63, 3.8) is 0 Å². The Morgan fingerprint density at radius 1 is 1.20 bits per heavy atom. The molecule has 2 heterocycles. The van der Waals surface area contributed by atoms with E-state index in [4.69, 9.17) is 5.73 Å². The van der Waals surface area contributed by atoms with Crippen LogP contribution < -0.4 is 5.73 Å². The van der Waals surface area contributed by atoms with Crippen molar-refractivity contribution >= 4 is 16.9 Å². The summed E-state index contributed by atoms with van der Waals surface area (Å²) in [7, 11) is 0. The largest absolute Gasteiger partial charge is 0.370 e. The molecule has 1 aromatic heterocycles. The molecule has 4 nitrogen and oxygen atoms in total. The number of aromatic amines is 1. The lowest BCUT2D eigenvalue weighted by molar-refractivity contribution is 0.338. The Kier molecular flexibility index (Phi) is 3.90. The number of likely N-dealkylation sites (tertiary alicyclic amines) is 1. The summed E-state index contributed by atoms with van der Waals surface area (Å²) in [4.78, 5) is 10.1. The highest BCUT2D eigenvalue weighted by Gasteiger charge is 2.11. The normalized spacial score (nSPS) is 16.8. The van der Waals surface area contributed by atoms with Crippen LogP contribution in [-0.2, 0) is 6.42 Å². The van der Waals surface area contributed by atoms with Crippen molar-refractivity contribution in [2.75, 3.05) is 19.6 Å². The molecule has 1 aliphatic rings. The summed E-state index contributed by atoms with van der Waals surface area (Å²) in [5.74, 6) is 0.709. The number of fused-ring (bicyclic) bond motifs is 1. The number of hydrogen-bond donors (Lipinski definition) is 2. The quantitative estimate of drug-likeness (QED) is 0.665. The molecule has 1 aliphatic heterocycles.